The summed E-state index contributed by atoms with van der Waals surface area (Å²) in [4.78, 5) is 0. The van der Waals surface area contributed by atoms with Gasteiger partial charge < -0.3 is 10.2 Å². The molecule has 72 valence electrons. The van der Waals surface area contributed by atoms with E-state index in [4.69, 9.17) is 0 Å². The second kappa shape index (κ2) is 2.73. The molecule has 0 aromatic heterocycles. The second-order valence-electron chi connectivity index (χ2n) is 4.27. The molecule has 0 aromatic carbocycles. The van der Waals surface area contributed by atoms with E-state index in [0.29, 0.717) is 0 Å². The highest BCUT2D eigenvalue weighted by atomic mass is 16.7. The van der Waals surface area contributed by atoms with Gasteiger partial charge in [0.2, 0.25) is 0 Å². The van der Waals surface area contributed by atoms with Crippen molar-refractivity contribution in [2.45, 2.75) is 44.8 Å². The van der Waals surface area contributed by atoms with E-state index in [-0.39, 0.29) is 11.3 Å². The van der Waals surface area contributed by atoms with Gasteiger partial charge in [-0.15, -0.1) is 5.92 Å². The summed E-state index contributed by atoms with van der Waals surface area (Å²) >= 11 is 0. The van der Waals surface area contributed by atoms with Crippen molar-refractivity contribution in [3.8, 4) is 11.8 Å². The lowest BCUT2D eigenvalue weighted by molar-refractivity contribution is -0.113. The first-order chi connectivity index (χ1) is 6.15. The third-order valence-electron chi connectivity index (χ3n) is 3.64. The predicted octanol–water partition coefficient (Wildman–Crippen LogP) is 1.27. The van der Waals surface area contributed by atoms with Crippen molar-refractivity contribution in [3.05, 3.63) is 0 Å². The highest BCUT2D eigenvalue weighted by molar-refractivity contribution is 5.29. The fourth-order valence-electron chi connectivity index (χ4n) is 2.78. The highest BCUT2D eigenvalue weighted by Gasteiger charge is 2.75. The normalized spacial score (nSPS) is 33.6. The van der Waals surface area contributed by atoms with Gasteiger partial charge in [-0.3, -0.25) is 0 Å². The monoisotopic (exact) mass is 185 g/mol. The Labute approximate surface area is 79.0 Å². The Morgan fingerprint density at radius 3 is 2.31 bits per heavy atom. The largest absolute Gasteiger partial charge is 0.364 e. The van der Waals surface area contributed by atoms with Crippen molar-refractivity contribution in [2.75, 3.05) is 0 Å². The van der Waals surface area contributed by atoms with Gasteiger partial charge in [0, 0.05) is 5.41 Å². The van der Waals surface area contributed by atoms with Crippen LogP contribution in [0.3, 0.4) is 0 Å². The summed E-state index contributed by atoms with van der Waals surface area (Å²) in [6, 6.07) is 0. The number of hydrogen-bond donors (Lipinski definition) is 2. The third-order valence-corrected chi connectivity index (χ3v) is 3.64. The van der Waals surface area contributed by atoms with E-state index in [1.807, 2.05) is 0 Å². The van der Waals surface area contributed by atoms with Crippen LogP contribution in [-0.4, -0.2) is 16.0 Å². The molecule has 0 unspecified atom stereocenters. The van der Waals surface area contributed by atoms with Crippen LogP contribution in [0.4, 0.5) is 0 Å². The second-order valence-corrected chi connectivity index (χ2v) is 4.27. The van der Waals surface area contributed by atoms with Crippen molar-refractivity contribution in [3.63, 3.8) is 0 Å². The molecule has 0 aromatic rings. The average Bonchev–Trinajstić information content (AvgIpc) is 2.54. The Morgan fingerprint density at radius 1 is 1.15 bits per heavy atom. The molecule has 13 heavy (non-hydrogen) atoms. The van der Waals surface area contributed by atoms with E-state index in [1.165, 1.54) is 6.42 Å². The van der Waals surface area contributed by atoms with Crippen LogP contribution in [-0.2, 0) is 0 Å². The van der Waals surface area contributed by atoms with Crippen molar-refractivity contribution < 1.29 is 10.2 Å². The topological polar surface area (TPSA) is 40.5 Å². The van der Waals surface area contributed by atoms with E-state index in [9.17, 15) is 10.2 Å². The predicted molar refractivity (Wildman–Crippen MR) is 49.6 cm³/mol. The van der Waals surface area contributed by atoms with E-state index in [1.54, 1.807) is 6.92 Å². The van der Waals surface area contributed by atoms with E-state index < -0.39 is 5.79 Å². The van der Waals surface area contributed by atoms with Crippen LogP contribution in [0, 0.1) is 23.2 Å². The molecule has 0 saturated heterocycles. The van der Waals surface area contributed by atoms with Crippen LogP contribution in [0.1, 0.15) is 39.0 Å². The van der Waals surface area contributed by atoms with Gasteiger partial charge in [0.05, 0.1) is 5.92 Å². The maximum Gasteiger partial charge on any atom is 0.184 e. The molecule has 0 amide bonds. The maximum atomic E-state index is 9.75. The molecule has 0 radical (unpaired) electrons. The van der Waals surface area contributed by atoms with Gasteiger partial charge in [0.15, 0.2) is 5.79 Å². The first-order valence-corrected chi connectivity index (χ1v) is 5.02. The smallest absolute Gasteiger partial charge is 0.184 e. The summed E-state index contributed by atoms with van der Waals surface area (Å²) in [7, 11) is 0. The quantitative estimate of drug-likeness (QED) is 0.339. The zero-order chi connectivity index (χ0) is 9.53. The zero-order valence-electron chi connectivity index (χ0n) is 8.01. The molecule has 2 aliphatic rings. The Balaban J connectivity index is 2.18. The summed E-state index contributed by atoms with van der Waals surface area (Å²) in [5.41, 5.74) is -0.270. The number of aliphatic hydroxyl groups is 2. The summed E-state index contributed by atoms with van der Waals surface area (Å²) in [6.45, 7) is 1.75. The fraction of sp³-hybridized carbons (Fsp3) is 0.818. The molecule has 1 atom stereocenters. The molecule has 0 aliphatic heterocycles. The van der Waals surface area contributed by atoms with Crippen LogP contribution >= 0.6 is 0 Å². The average molecular weight is 185 g/mol. The molecule has 2 N–H and O–H groups in total. The Kier molecular flexibility index (Phi) is 1.90. The van der Waals surface area contributed by atoms with Crippen LogP contribution in [0.5, 0.6) is 0 Å². The fourth-order valence-corrected chi connectivity index (χ4v) is 2.78. The molecule has 2 aliphatic carbocycles. The Morgan fingerprint density at radius 2 is 1.77 bits per heavy atom. The van der Waals surface area contributed by atoms with Gasteiger partial charge in [-0.1, -0.05) is 25.2 Å². The Hall–Kier alpha value is -0.520. The van der Waals surface area contributed by atoms with Crippen molar-refractivity contribution in [1.82, 2.24) is 0 Å². The van der Waals surface area contributed by atoms with Gasteiger partial charge in [0.1, 0.15) is 0 Å². The molecule has 0 bridgehead atoms. The number of rotatable bonds is 0. The van der Waals surface area contributed by atoms with Crippen LogP contribution < -0.4 is 0 Å². The molecule has 2 fully saturated rings. The number of hydrogen-bond acceptors (Lipinski definition) is 2. The van der Waals surface area contributed by atoms with E-state index >= 15 is 0 Å². The lowest BCUT2D eigenvalue weighted by Gasteiger charge is -2.22. The van der Waals surface area contributed by atoms with Crippen LogP contribution in [0.25, 0.3) is 0 Å². The molecule has 2 heteroatoms. The molecule has 2 rings (SSSR count). The standard InChI is InChI=1S/C11H16O2/c1-2-6-9-10(11(9,12)13)7-4-3-5-8-10/h9,12-13H,3-5,7-8H2,1H3/t9-/m1/s1/i1+1,2+1,6+1,9+1,11+1. The summed E-state index contributed by atoms with van der Waals surface area (Å²) in [6.07, 6.45) is 5.32. The van der Waals surface area contributed by atoms with Crippen molar-refractivity contribution in [1.29, 1.82) is 0 Å². The van der Waals surface area contributed by atoms with Gasteiger partial charge in [0.25, 0.3) is 0 Å². The molecule has 2 nitrogen and oxygen atoms in total. The van der Waals surface area contributed by atoms with Crippen LogP contribution in [0.15, 0.2) is 0 Å². The molecular formula is C11H16O2. The van der Waals surface area contributed by atoms with Crippen molar-refractivity contribution >= 4 is 0 Å². The maximum absolute atomic E-state index is 9.75. The molecular weight excluding hydrogens is 169 g/mol. The van der Waals surface area contributed by atoms with Gasteiger partial charge in [-0.05, 0) is 19.8 Å². The van der Waals surface area contributed by atoms with Gasteiger partial charge in [-0.2, -0.15) is 0 Å². The van der Waals surface area contributed by atoms with E-state index in [2.05, 4.69) is 11.8 Å². The Bertz CT molecular complexity index is 264. The third kappa shape index (κ3) is 1.04. The van der Waals surface area contributed by atoms with Gasteiger partial charge >= 0.3 is 0 Å². The van der Waals surface area contributed by atoms with Crippen molar-refractivity contribution in [2.24, 2.45) is 11.3 Å². The minimum Gasteiger partial charge on any atom is -0.364 e. The van der Waals surface area contributed by atoms with Gasteiger partial charge in [-0.25, -0.2) is 0 Å². The lowest BCUT2D eigenvalue weighted by atomic mass is 9.90. The minimum absolute atomic E-state index is 0.190. The highest BCUT2D eigenvalue weighted by Crippen LogP contribution is 2.67. The molecule has 2 saturated carbocycles. The lowest BCUT2D eigenvalue weighted by Crippen LogP contribution is -2.21. The van der Waals surface area contributed by atoms with Crippen LogP contribution in [0.2, 0.25) is 0 Å². The first kappa shape index (κ1) is 9.05. The molecule has 0 heterocycles. The van der Waals surface area contributed by atoms with E-state index in [0.717, 1.165) is 25.7 Å². The zero-order valence-corrected chi connectivity index (χ0v) is 8.01. The summed E-state index contributed by atoms with van der Waals surface area (Å²) < 4.78 is 0. The summed E-state index contributed by atoms with van der Waals surface area (Å²) in [5.74, 6) is 4.03. The summed E-state index contributed by atoms with van der Waals surface area (Å²) in [5, 5.41) is 19.5. The minimum atomic E-state index is -1.49. The first-order valence-electron chi connectivity index (χ1n) is 5.02. The SMILES string of the molecule is [13CH3][13C]#[13C][13C@@H]1C2(CCCCC2)[13C]1(O)O. The molecule has 1 spiro atoms.